The number of methoxy groups -OCH3 is 1. The summed E-state index contributed by atoms with van der Waals surface area (Å²) in [6.07, 6.45) is 1.20. The van der Waals surface area contributed by atoms with Gasteiger partial charge in [-0.3, -0.25) is 4.90 Å². The van der Waals surface area contributed by atoms with Gasteiger partial charge in [-0.1, -0.05) is 13.0 Å². The molecule has 0 N–H and O–H groups in total. The van der Waals surface area contributed by atoms with Crippen molar-refractivity contribution < 1.29 is 4.74 Å². The maximum absolute atomic E-state index is 5.39. The van der Waals surface area contributed by atoms with Gasteiger partial charge in [-0.25, -0.2) is 4.98 Å². The maximum atomic E-state index is 5.39. The van der Waals surface area contributed by atoms with Crippen LogP contribution in [0.25, 0.3) is 11.0 Å². The van der Waals surface area contributed by atoms with Crippen molar-refractivity contribution in [2.24, 2.45) is 0 Å². The predicted octanol–water partition coefficient (Wildman–Crippen LogP) is 2.27. The molecule has 18 heavy (non-hydrogen) atoms. The fourth-order valence-electron chi connectivity index (χ4n) is 2.73. The minimum absolute atomic E-state index is 0.872. The first kappa shape index (κ1) is 11.5. The number of imidazole rings is 1. The van der Waals surface area contributed by atoms with Crippen molar-refractivity contribution in [1.29, 1.82) is 0 Å². The van der Waals surface area contributed by atoms with Gasteiger partial charge in [0.25, 0.3) is 0 Å². The first-order valence-electron chi connectivity index (χ1n) is 6.58. The van der Waals surface area contributed by atoms with E-state index in [2.05, 4.69) is 22.5 Å². The molecule has 0 radical (unpaired) electrons. The summed E-state index contributed by atoms with van der Waals surface area (Å²) in [5.74, 6) is 2.03. The van der Waals surface area contributed by atoms with Crippen molar-refractivity contribution in [2.45, 2.75) is 26.4 Å². The molecule has 0 atom stereocenters. The Morgan fingerprint density at radius 1 is 1.33 bits per heavy atom. The van der Waals surface area contributed by atoms with Gasteiger partial charge in [0.15, 0.2) is 0 Å². The summed E-state index contributed by atoms with van der Waals surface area (Å²) in [4.78, 5) is 7.22. The molecule has 3 rings (SSSR count). The third-order valence-corrected chi connectivity index (χ3v) is 3.59. The zero-order chi connectivity index (χ0) is 12.5. The highest BCUT2D eigenvalue weighted by Crippen LogP contribution is 2.27. The van der Waals surface area contributed by atoms with Crippen LogP contribution in [0.4, 0.5) is 0 Å². The monoisotopic (exact) mass is 245 g/mol. The average Bonchev–Trinajstić information content (AvgIpc) is 2.76. The highest BCUT2D eigenvalue weighted by atomic mass is 16.5. The fourth-order valence-corrected chi connectivity index (χ4v) is 2.73. The lowest BCUT2D eigenvalue weighted by molar-refractivity contribution is 0.219. The quantitative estimate of drug-likeness (QED) is 0.831. The number of ether oxygens (including phenoxy) is 1. The molecule has 0 amide bonds. The van der Waals surface area contributed by atoms with Crippen LogP contribution in [0.15, 0.2) is 18.2 Å². The van der Waals surface area contributed by atoms with Crippen LogP contribution in [-0.4, -0.2) is 34.7 Å². The summed E-state index contributed by atoms with van der Waals surface area (Å²) in [5.41, 5.74) is 2.19. The van der Waals surface area contributed by atoms with E-state index in [0.29, 0.717) is 0 Å². The van der Waals surface area contributed by atoms with Gasteiger partial charge in [0, 0.05) is 13.1 Å². The zero-order valence-corrected chi connectivity index (χ0v) is 11.0. The Hall–Kier alpha value is -1.55. The fraction of sp³-hybridized carbons (Fsp3) is 0.500. The minimum Gasteiger partial charge on any atom is -0.494 e. The van der Waals surface area contributed by atoms with Gasteiger partial charge in [-0.05, 0) is 25.1 Å². The van der Waals surface area contributed by atoms with Crippen LogP contribution >= 0.6 is 0 Å². The molecule has 0 bridgehead atoms. The summed E-state index contributed by atoms with van der Waals surface area (Å²) in [5, 5.41) is 0. The van der Waals surface area contributed by atoms with Crippen molar-refractivity contribution in [1.82, 2.24) is 14.5 Å². The second kappa shape index (κ2) is 4.61. The number of benzene rings is 1. The number of fused-ring (bicyclic) bond motifs is 3. The van der Waals surface area contributed by atoms with E-state index in [1.165, 1.54) is 11.9 Å². The van der Waals surface area contributed by atoms with E-state index < -0.39 is 0 Å². The van der Waals surface area contributed by atoms with Crippen LogP contribution < -0.4 is 4.74 Å². The largest absolute Gasteiger partial charge is 0.494 e. The van der Waals surface area contributed by atoms with E-state index in [0.717, 1.165) is 43.3 Å². The maximum Gasteiger partial charge on any atom is 0.146 e. The van der Waals surface area contributed by atoms with Crippen molar-refractivity contribution in [3.05, 3.63) is 24.0 Å². The Labute approximate surface area is 107 Å². The van der Waals surface area contributed by atoms with Crippen LogP contribution in [0, 0.1) is 0 Å². The standard InChI is InChI=1S/C14H19N3O/c1-3-7-16-8-9-17-11-5-4-6-12(18-2)14(11)15-13(17)10-16/h4-6H,3,7-10H2,1-2H3. The molecule has 0 unspecified atom stereocenters. The zero-order valence-electron chi connectivity index (χ0n) is 11.0. The SMILES string of the molecule is CCCN1CCn2c(nc3c(OC)cccc32)C1. The van der Waals surface area contributed by atoms with Crippen molar-refractivity contribution >= 4 is 11.0 Å². The van der Waals surface area contributed by atoms with Gasteiger partial charge < -0.3 is 9.30 Å². The van der Waals surface area contributed by atoms with Crippen LogP contribution in [-0.2, 0) is 13.1 Å². The molecule has 0 saturated carbocycles. The molecule has 96 valence electrons. The molecular formula is C14H19N3O. The molecular weight excluding hydrogens is 226 g/mol. The summed E-state index contributed by atoms with van der Waals surface area (Å²) in [6, 6.07) is 6.14. The number of para-hydroxylation sites is 1. The van der Waals surface area contributed by atoms with Gasteiger partial charge in [0.2, 0.25) is 0 Å². The second-order valence-corrected chi connectivity index (χ2v) is 4.78. The molecule has 2 heterocycles. The van der Waals surface area contributed by atoms with E-state index in [1.807, 2.05) is 12.1 Å². The minimum atomic E-state index is 0.872. The Morgan fingerprint density at radius 2 is 2.22 bits per heavy atom. The molecule has 1 aromatic carbocycles. The normalized spacial score (nSPS) is 15.9. The average molecular weight is 245 g/mol. The molecule has 0 fully saturated rings. The Bertz CT molecular complexity index is 561. The first-order valence-corrected chi connectivity index (χ1v) is 6.58. The topological polar surface area (TPSA) is 30.3 Å². The summed E-state index contributed by atoms with van der Waals surface area (Å²) >= 11 is 0. The van der Waals surface area contributed by atoms with E-state index in [-0.39, 0.29) is 0 Å². The molecule has 2 aromatic rings. The van der Waals surface area contributed by atoms with Crippen LogP contribution in [0.1, 0.15) is 19.2 Å². The van der Waals surface area contributed by atoms with Crippen molar-refractivity contribution in [2.75, 3.05) is 20.2 Å². The number of hydrogen-bond acceptors (Lipinski definition) is 3. The molecule has 1 aliphatic heterocycles. The second-order valence-electron chi connectivity index (χ2n) is 4.78. The van der Waals surface area contributed by atoms with Crippen LogP contribution in [0.5, 0.6) is 5.75 Å². The molecule has 1 aromatic heterocycles. The summed E-state index contributed by atoms with van der Waals surface area (Å²) in [6.45, 7) is 6.47. The van der Waals surface area contributed by atoms with Crippen LogP contribution in [0.2, 0.25) is 0 Å². The summed E-state index contributed by atoms with van der Waals surface area (Å²) < 4.78 is 7.71. The number of rotatable bonds is 3. The lowest BCUT2D eigenvalue weighted by Gasteiger charge is -2.27. The van der Waals surface area contributed by atoms with Crippen LogP contribution in [0.3, 0.4) is 0 Å². The molecule has 0 aliphatic carbocycles. The summed E-state index contributed by atoms with van der Waals surface area (Å²) in [7, 11) is 1.70. The van der Waals surface area contributed by atoms with E-state index in [1.54, 1.807) is 7.11 Å². The Morgan fingerprint density at radius 3 is 3.00 bits per heavy atom. The van der Waals surface area contributed by atoms with Crippen molar-refractivity contribution in [3.8, 4) is 5.75 Å². The molecule has 4 nitrogen and oxygen atoms in total. The van der Waals surface area contributed by atoms with E-state index in [4.69, 9.17) is 9.72 Å². The molecule has 1 aliphatic rings. The molecule has 0 spiro atoms. The highest BCUT2D eigenvalue weighted by Gasteiger charge is 2.20. The van der Waals surface area contributed by atoms with Crippen molar-refractivity contribution in [3.63, 3.8) is 0 Å². The van der Waals surface area contributed by atoms with E-state index in [9.17, 15) is 0 Å². The van der Waals surface area contributed by atoms with E-state index >= 15 is 0 Å². The van der Waals surface area contributed by atoms with Gasteiger partial charge in [-0.2, -0.15) is 0 Å². The Kier molecular flexibility index (Phi) is 2.96. The van der Waals surface area contributed by atoms with Gasteiger partial charge >= 0.3 is 0 Å². The van der Waals surface area contributed by atoms with Gasteiger partial charge in [0.05, 0.1) is 19.2 Å². The smallest absolute Gasteiger partial charge is 0.146 e. The predicted molar refractivity (Wildman–Crippen MR) is 71.9 cm³/mol. The lowest BCUT2D eigenvalue weighted by atomic mass is 10.3. The number of nitrogens with zero attached hydrogens (tertiary/aromatic N) is 3. The third kappa shape index (κ3) is 1.77. The third-order valence-electron chi connectivity index (χ3n) is 3.59. The molecule has 0 saturated heterocycles. The number of hydrogen-bond donors (Lipinski definition) is 0. The van der Waals surface area contributed by atoms with Gasteiger partial charge in [-0.15, -0.1) is 0 Å². The molecule has 4 heteroatoms. The first-order chi connectivity index (χ1) is 8.83. The number of aromatic nitrogens is 2. The lowest BCUT2D eigenvalue weighted by Crippen LogP contribution is -2.34. The highest BCUT2D eigenvalue weighted by molar-refractivity contribution is 5.82. The Balaban J connectivity index is 2.04. The van der Waals surface area contributed by atoms with Gasteiger partial charge in [0.1, 0.15) is 17.1 Å².